The first-order chi connectivity index (χ1) is 12.7. The maximum absolute atomic E-state index is 13.3. The van der Waals surface area contributed by atoms with Crippen molar-refractivity contribution in [2.45, 2.75) is 13.0 Å². The lowest BCUT2D eigenvalue weighted by atomic mass is 10.0. The van der Waals surface area contributed by atoms with E-state index in [2.05, 4.69) is 32.3 Å². The predicted molar refractivity (Wildman–Crippen MR) is 97.6 cm³/mol. The van der Waals surface area contributed by atoms with Crippen LogP contribution in [-0.4, -0.2) is 22.4 Å². The van der Waals surface area contributed by atoms with Gasteiger partial charge < -0.3 is 10.2 Å². The van der Waals surface area contributed by atoms with E-state index in [1.54, 1.807) is 24.4 Å². The number of halogens is 1. The molecule has 1 N–H and O–H groups in total. The van der Waals surface area contributed by atoms with E-state index in [0.29, 0.717) is 18.2 Å². The Bertz CT molecular complexity index is 960. The zero-order valence-corrected chi connectivity index (χ0v) is 14.0. The van der Waals surface area contributed by atoms with Crippen molar-refractivity contribution >= 4 is 17.5 Å². The first kappa shape index (κ1) is 16.2. The van der Waals surface area contributed by atoms with Crippen molar-refractivity contribution in [2.24, 2.45) is 0 Å². The molecule has 1 aliphatic heterocycles. The van der Waals surface area contributed by atoms with Crippen molar-refractivity contribution < 1.29 is 9.18 Å². The number of amides is 1. The molecule has 5 nitrogen and oxygen atoms in total. The molecule has 0 atom stereocenters. The van der Waals surface area contributed by atoms with Crippen LogP contribution in [-0.2, 0) is 13.0 Å². The fourth-order valence-corrected chi connectivity index (χ4v) is 3.06. The number of fused-ring (bicyclic) bond motifs is 1. The summed E-state index contributed by atoms with van der Waals surface area (Å²) in [6.07, 6.45) is 2.49. The summed E-state index contributed by atoms with van der Waals surface area (Å²) in [5, 5.41) is 2.66. The number of rotatable bonds is 3. The summed E-state index contributed by atoms with van der Waals surface area (Å²) >= 11 is 0. The van der Waals surface area contributed by atoms with Crippen LogP contribution in [0.2, 0.25) is 0 Å². The number of carbonyl (C=O) groups excluding carboxylic acids is 1. The number of nitrogens with one attached hydrogen (secondary N) is 1. The van der Waals surface area contributed by atoms with E-state index < -0.39 is 11.7 Å². The third kappa shape index (κ3) is 3.39. The maximum Gasteiger partial charge on any atom is 0.274 e. The molecule has 0 aliphatic carbocycles. The van der Waals surface area contributed by atoms with Crippen LogP contribution in [0.5, 0.6) is 0 Å². The standard InChI is InChI=1S/C20H17FN4O/c21-16-6-3-7-17(12-16)23-19(26)18-8-10-22-20(24-18)25-11-9-14-4-1-2-5-15(14)13-25/h1-8,10,12H,9,11,13H2,(H,23,26). The first-order valence-corrected chi connectivity index (χ1v) is 8.41. The molecule has 4 rings (SSSR count). The van der Waals surface area contributed by atoms with Crippen LogP contribution in [0.1, 0.15) is 21.6 Å². The molecular weight excluding hydrogens is 331 g/mol. The average Bonchev–Trinajstić information content (AvgIpc) is 2.68. The molecule has 0 fully saturated rings. The van der Waals surface area contributed by atoms with Gasteiger partial charge in [-0.1, -0.05) is 30.3 Å². The van der Waals surface area contributed by atoms with Crippen LogP contribution < -0.4 is 10.2 Å². The average molecular weight is 348 g/mol. The van der Waals surface area contributed by atoms with Gasteiger partial charge in [-0.3, -0.25) is 4.79 Å². The molecule has 0 radical (unpaired) electrons. The van der Waals surface area contributed by atoms with Gasteiger partial charge in [-0.2, -0.15) is 0 Å². The second kappa shape index (κ2) is 6.92. The van der Waals surface area contributed by atoms with Crippen LogP contribution in [0, 0.1) is 5.82 Å². The van der Waals surface area contributed by atoms with Crippen LogP contribution in [0.15, 0.2) is 60.8 Å². The van der Waals surface area contributed by atoms with Crippen LogP contribution in [0.25, 0.3) is 0 Å². The van der Waals surface area contributed by atoms with E-state index in [-0.39, 0.29) is 5.69 Å². The van der Waals surface area contributed by atoms with Gasteiger partial charge in [0.1, 0.15) is 11.5 Å². The Hall–Kier alpha value is -3.28. The van der Waals surface area contributed by atoms with Crippen molar-refractivity contribution in [1.29, 1.82) is 0 Å². The Labute approximate surface area is 150 Å². The second-order valence-corrected chi connectivity index (χ2v) is 6.15. The van der Waals surface area contributed by atoms with Crippen molar-refractivity contribution in [3.05, 3.63) is 83.4 Å². The van der Waals surface area contributed by atoms with Gasteiger partial charge >= 0.3 is 0 Å². The van der Waals surface area contributed by atoms with Crippen molar-refractivity contribution in [1.82, 2.24) is 9.97 Å². The maximum atomic E-state index is 13.3. The van der Waals surface area contributed by atoms with Crippen molar-refractivity contribution in [3.8, 4) is 0 Å². The molecule has 1 amide bonds. The van der Waals surface area contributed by atoms with E-state index in [1.807, 2.05) is 12.1 Å². The third-order valence-corrected chi connectivity index (χ3v) is 4.37. The Balaban J connectivity index is 1.53. The van der Waals surface area contributed by atoms with Crippen LogP contribution in [0.4, 0.5) is 16.0 Å². The number of hydrogen-bond donors (Lipinski definition) is 1. The number of anilines is 2. The summed E-state index contributed by atoms with van der Waals surface area (Å²) in [5.74, 6) is -0.277. The smallest absolute Gasteiger partial charge is 0.274 e. The fraction of sp³-hybridized carbons (Fsp3) is 0.150. The minimum absolute atomic E-state index is 0.248. The van der Waals surface area contributed by atoms with Gasteiger partial charge in [0, 0.05) is 25.0 Å². The highest BCUT2D eigenvalue weighted by atomic mass is 19.1. The highest BCUT2D eigenvalue weighted by Crippen LogP contribution is 2.22. The quantitative estimate of drug-likeness (QED) is 0.788. The number of benzene rings is 2. The lowest BCUT2D eigenvalue weighted by Gasteiger charge is -2.28. The topological polar surface area (TPSA) is 58.1 Å². The Kier molecular flexibility index (Phi) is 4.31. The lowest BCUT2D eigenvalue weighted by molar-refractivity contribution is 0.102. The monoisotopic (exact) mass is 348 g/mol. The molecule has 0 saturated heterocycles. The van der Waals surface area contributed by atoms with Gasteiger partial charge in [-0.25, -0.2) is 14.4 Å². The van der Waals surface area contributed by atoms with Gasteiger partial charge in [0.2, 0.25) is 5.95 Å². The number of hydrogen-bond acceptors (Lipinski definition) is 4. The highest BCUT2D eigenvalue weighted by molar-refractivity contribution is 6.02. The number of aromatic nitrogens is 2. The highest BCUT2D eigenvalue weighted by Gasteiger charge is 2.19. The zero-order valence-electron chi connectivity index (χ0n) is 14.0. The van der Waals surface area contributed by atoms with E-state index >= 15 is 0 Å². The number of carbonyl (C=O) groups is 1. The molecule has 0 spiro atoms. The summed E-state index contributed by atoms with van der Waals surface area (Å²) in [5.41, 5.74) is 3.22. The summed E-state index contributed by atoms with van der Waals surface area (Å²) in [6.45, 7) is 1.51. The first-order valence-electron chi connectivity index (χ1n) is 8.41. The summed E-state index contributed by atoms with van der Waals surface area (Å²) < 4.78 is 13.3. The van der Waals surface area contributed by atoms with E-state index in [1.165, 1.54) is 23.3 Å². The third-order valence-electron chi connectivity index (χ3n) is 4.37. The van der Waals surface area contributed by atoms with Crippen LogP contribution >= 0.6 is 0 Å². The molecule has 1 aliphatic rings. The summed E-state index contributed by atoms with van der Waals surface area (Å²) in [6, 6.07) is 15.6. The van der Waals surface area contributed by atoms with Gasteiger partial charge in [0.05, 0.1) is 0 Å². The van der Waals surface area contributed by atoms with Gasteiger partial charge in [-0.05, 0) is 41.8 Å². The van der Waals surface area contributed by atoms with Crippen molar-refractivity contribution in [3.63, 3.8) is 0 Å². The molecule has 0 bridgehead atoms. The molecular formula is C20H17FN4O. The Morgan fingerprint density at radius 2 is 1.92 bits per heavy atom. The van der Waals surface area contributed by atoms with Gasteiger partial charge in [-0.15, -0.1) is 0 Å². The molecule has 1 aromatic heterocycles. The number of nitrogens with zero attached hydrogens (tertiary/aromatic N) is 3. The molecule has 0 saturated carbocycles. The molecule has 0 unspecified atom stereocenters. The summed E-state index contributed by atoms with van der Waals surface area (Å²) in [7, 11) is 0. The minimum Gasteiger partial charge on any atom is -0.336 e. The molecule has 2 heterocycles. The molecule has 130 valence electrons. The summed E-state index contributed by atoms with van der Waals surface area (Å²) in [4.78, 5) is 23.2. The fourth-order valence-electron chi connectivity index (χ4n) is 3.06. The van der Waals surface area contributed by atoms with E-state index in [9.17, 15) is 9.18 Å². The van der Waals surface area contributed by atoms with Gasteiger partial charge in [0.15, 0.2) is 0 Å². The van der Waals surface area contributed by atoms with Crippen molar-refractivity contribution in [2.75, 3.05) is 16.8 Å². The predicted octanol–water partition coefficient (Wildman–Crippen LogP) is 3.43. The largest absolute Gasteiger partial charge is 0.336 e. The Morgan fingerprint density at radius 1 is 1.08 bits per heavy atom. The minimum atomic E-state index is -0.404. The molecule has 26 heavy (non-hydrogen) atoms. The van der Waals surface area contributed by atoms with E-state index in [0.717, 1.165) is 13.0 Å². The molecule has 3 aromatic rings. The Morgan fingerprint density at radius 3 is 2.77 bits per heavy atom. The molecule has 6 heteroatoms. The SMILES string of the molecule is O=C(Nc1cccc(F)c1)c1ccnc(N2CCc3ccccc3C2)n1. The van der Waals surface area contributed by atoms with E-state index in [4.69, 9.17) is 0 Å². The second-order valence-electron chi connectivity index (χ2n) is 6.15. The molecule has 2 aromatic carbocycles. The van der Waals surface area contributed by atoms with Crippen LogP contribution in [0.3, 0.4) is 0 Å². The zero-order chi connectivity index (χ0) is 17.9. The normalized spacial score (nSPS) is 13.2. The lowest BCUT2D eigenvalue weighted by Crippen LogP contribution is -2.32. The van der Waals surface area contributed by atoms with Gasteiger partial charge in [0.25, 0.3) is 5.91 Å².